The molecule has 1 atom stereocenters. The van der Waals surface area contributed by atoms with Crippen LogP contribution < -0.4 is 15.4 Å². The molecule has 3 aromatic heterocycles. The van der Waals surface area contributed by atoms with Crippen molar-refractivity contribution in [3.63, 3.8) is 0 Å². The van der Waals surface area contributed by atoms with Gasteiger partial charge in [-0.1, -0.05) is 13.0 Å². The summed E-state index contributed by atoms with van der Waals surface area (Å²) in [6, 6.07) is 2.33. The van der Waals surface area contributed by atoms with Crippen molar-refractivity contribution in [2.75, 3.05) is 50.4 Å². The highest BCUT2D eigenvalue weighted by Gasteiger charge is 2.26. The monoisotopic (exact) mass is 567 g/mol. The lowest BCUT2D eigenvalue weighted by molar-refractivity contribution is -0.132. The third kappa shape index (κ3) is 7.33. The van der Waals surface area contributed by atoms with E-state index in [1.165, 1.54) is 4.90 Å². The Hall–Kier alpha value is -4.16. The Morgan fingerprint density at radius 2 is 1.85 bits per heavy atom. The zero-order valence-corrected chi connectivity index (χ0v) is 25.0. The smallest absolute Gasteiger partial charge is 0.410 e. The van der Waals surface area contributed by atoms with Gasteiger partial charge in [0, 0.05) is 45.8 Å². The topological polar surface area (TPSA) is 144 Å². The van der Waals surface area contributed by atoms with Gasteiger partial charge in [-0.2, -0.15) is 4.98 Å². The number of aryl methyl sites for hydroxylation is 1. The number of rotatable bonds is 8. The van der Waals surface area contributed by atoms with E-state index in [-0.39, 0.29) is 30.4 Å². The molecule has 2 N–H and O–H groups in total. The largest absolute Gasteiger partial charge is 0.459 e. The van der Waals surface area contributed by atoms with Crippen molar-refractivity contribution < 1.29 is 19.1 Å². The number of likely N-dealkylation sites (N-methyl/N-ethyl adjacent to an activating group) is 1. The summed E-state index contributed by atoms with van der Waals surface area (Å²) in [5, 5.41) is 4.51. The summed E-state index contributed by atoms with van der Waals surface area (Å²) in [5.41, 5.74) is 8.89. The fraction of sp³-hybridized carbons (Fsp3) is 0.571. The first-order chi connectivity index (χ1) is 19.3. The fourth-order valence-electron chi connectivity index (χ4n) is 4.50. The van der Waals surface area contributed by atoms with Crippen LogP contribution in [0, 0.1) is 6.92 Å². The number of ether oxygens (including phenoxy) is 2. The number of carbonyl (C=O) groups excluding carboxylic acids is 2. The second-order valence-electron chi connectivity index (χ2n) is 11.5. The van der Waals surface area contributed by atoms with Gasteiger partial charge in [0.1, 0.15) is 18.0 Å². The third-order valence-electron chi connectivity index (χ3n) is 6.82. The lowest BCUT2D eigenvalue weighted by Crippen LogP contribution is -2.52. The van der Waals surface area contributed by atoms with Crippen molar-refractivity contribution in [3.05, 3.63) is 35.3 Å². The van der Waals surface area contributed by atoms with Crippen molar-refractivity contribution in [1.82, 2.24) is 34.4 Å². The minimum absolute atomic E-state index is 0.0218. The Balaban J connectivity index is 1.37. The molecule has 0 aliphatic carbocycles. The molecule has 0 spiro atoms. The van der Waals surface area contributed by atoms with Crippen molar-refractivity contribution in [1.29, 1.82) is 0 Å². The van der Waals surface area contributed by atoms with Gasteiger partial charge >= 0.3 is 12.1 Å². The summed E-state index contributed by atoms with van der Waals surface area (Å²) in [5.74, 6) is 1.05. The molecule has 0 aromatic carbocycles. The van der Waals surface area contributed by atoms with Crippen LogP contribution in [0.2, 0.25) is 0 Å². The van der Waals surface area contributed by atoms with Crippen LogP contribution in [0.5, 0.6) is 6.01 Å². The maximum atomic E-state index is 12.8. The standard InChI is InChI=1S/C28H41N9O4/c1-8-19(3)40-26-32-23(29)25-31-16-21(37(25)33-26)14-20-13-18(2)24(30-15-20)36-11-9-35(10-12-36)22(38)17-34(7)27(39)41-28(4,5)6/h13,15-16,19H,8-12,14,17H2,1-7H3,(H2,29,32,33). The molecule has 1 saturated heterocycles. The van der Waals surface area contributed by atoms with Crippen LogP contribution in [-0.2, 0) is 16.0 Å². The number of nitrogens with zero attached hydrogens (tertiary/aromatic N) is 8. The van der Waals surface area contributed by atoms with Crippen LogP contribution in [0.4, 0.5) is 16.4 Å². The van der Waals surface area contributed by atoms with Crippen LogP contribution in [0.25, 0.3) is 5.65 Å². The minimum Gasteiger partial charge on any atom is -0.459 e. The molecule has 3 aromatic rings. The van der Waals surface area contributed by atoms with E-state index in [1.54, 1.807) is 43.4 Å². The Morgan fingerprint density at radius 3 is 2.49 bits per heavy atom. The Labute approximate surface area is 240 Å². The van der Waals surface area contributed by atoms with E-state index in [0.29, 0.717) is 38.2 Å². The summed E-state index contributed by atoms with van der Waals surface area (Å²) in [4.78, 5) is 43.7. The SMILES string of the molecule is CCC(C)Oc1nc(N)c2ncc(Cc3cnc(N4CCN(C(=O)CN(C)C(=O)OC(C)(C)C)CC4)c(C)c3)n2n1. The highest BCUT2D eigenvalue weighted by Crippen LogP contribution is 2.23. The second kappa shape index (κ2) is 12.1. The Kier molecular flexibility index (Phi) is 8.83. The van der Waals surface area contributed by atoms with Crippen LogP contribution in [0.15, 0.2) is 18.5 Å². The predicted octanol–water partition coefficient (Wildman–Crippen LogP) is 2.69. The molecule has 0 saturated carbocycles. The number of hydrogen-bond acceptors (Lipinski definition) is 10. The zero-order chi connectivity index (χ0) is 29.9. The van der Waals surface area contributed by atoms with E-state index in [9.17, 15) is 9.59 Å². The molecule has 1 aliphatic heterocycles. The first kappa shape index (κ1) is 29.8. The number of aromatic nitrogens is 5. The van der Waals surface area contributed by atoms with Gasteiger partial charge in [-0.05, 0) is 52.2 Å². The predicted molar refractivity (Wildman–Crippen MR) is 155 cm³/mol. The first-order valence-corrected chi connectivity index (χ1v) is 13.9. The zero-order valence-electron chi connectivity index (χ0n) is 25.0. The number of pyridine rings is 1. The van der Waals surface area contributed by atoms with Crippen molar-refractivity contribution in [2.45, 2.75) is 66.1 Å². The quantitative estimate of drug-likeness (QED) is 0.431. The molecule has 41 heavy (non-hydrogen) atoms. The molecule has 2 amide bonds. The second-order valence-corrected chi connectivity index (χ2v) is 11.5. The highest BCUT2D eigenvalue weighted by molar-refractivity contribution is 5.82. The molecule has 13 heteroatoms. The summed E-state index contributed by atoms with van der Waals surface area (Å²) < 4.78 is 12.8. The number of nitrogens with two attached hydrogens (primary N) is 1. The first-order valence-electron chi connectivity index (χ1n) is 13.9. The van der Waals surface area contributed by atoms with Gasteiger partial charge < -0.3 is 29.9 Å². The summed E-state index contributed by atoms with van der Waals surface area (Å²) in [6.45, 7) is 13.8. The van der Waals surface area contributed by atoms with Crippen LogP contribution in [0.3, 0.4) is 0 Å². The third-order valence-corrected chi connectivity index (χ3v) is 6.82. The normalized spacial score (nSPS) is 14.7. The van der Waals surface area contributed by atoms with Crippen LogP contribution in [0.1, 0.15) is 57.9 Å². The van der Waals surface area contributed by atoms with Gasteiger partial charge in [0.15, 0.2) is 11.5 Å². The Morgan fingerprint density at radius 1 is 1.15 bits per heavy atom. The van der Waals surface area contributed by atoms with Crippen molar-refractivity contribution >= 4 is 29.3 Å². The van der Waals surface area contributed by atoms with E-state index in [4.69, 9.17) is 20.2 Å². The number of piperazine rings is 1. The summed E-state index contributed by atoms with van der Waals surface area (Å²) in [6.07, 6.45) is 4.44. The maximum absolute atomic E-state index is 12.8. The van der Waals surface area contributed by atoms with E-state index < -0.39 is 11.7 Å². The van der Waals surface area contributed by atoms with Gasteiger partial charge in [-0.3, -0.25) is 4.79 Å². The summed E-state index contributed by atoms with van der Waals surface area (Å²) >= 11 is 0. The highest BCUT2D eigenvalue weighted by atomic mass is 16.6. The molecule has 0 radical (unpaired) electrons. The number of fused-ring (bicyclic) bond motifs is 1. The number of amides is 2. The van der Waals surface area contributed by atoms with E-state index in [0.717, 1.165) is 29.1 Å². The van der Waals surface area contributed by atoms with Crippen molar-refractivity contribution in [3.8, 4) is 6.01 Å². The molecule has 1 unspecified atom stereocenters. The van der Waals surface area contributed by atoms with E-state index in [2.05, 4.69) is 26.0 Å². The molecule has 13 nitrogen and oxygen atoms in total. The molecule has 4 heterocycles. The summed E-state index contributed by atoms with van der Waals surface area (Å²) in [7, 11) is 1.57. The maximum Gasteiger partial charge on any atom is 0.410 e. The lowest BCUT2D eigenvalue weighted by Gasteiger charge is -2.36. The van der Waals surface area contributed by atoms with Crippen molar-refractivity contribution in [2.24, 2.45) is 0 Å². The number of anilines is 2. The van der Waals surface area contributed by atoms with E-state index in [1.807, 2.05) is 27.0 Å². The number of carbonyl (C=O) groups is 2. The number of hydrogen-bond donors (Lipinski definition) is 1. The average molecular weight is 568 g/mol. The minimum atomic E-state index is -0.610. The van der Waals surface area contributed by atoms with E-state index >= 15 is 0 Å². The van der Waals surface area contributed by atoms with Gasteiger partial charge in [0.2, 0.25) is 5.91 Å². The average Bonchev–Trinajstić information content (AvgIpc) is 3.30. The fourth-order valence-corrected chi connectivity index (χ4v) is 4.50. The van der Waals surface area contributed by atoms with Crippen LogP contribution >= 0.6 is 0 Å². The number of nitrogen functional groups attached to an aromatic ring is 1. The lowest BCUT2D eigenvalue weighted by atomic mass is 10.1. The Bertz CT molecular complexity index is 1390. The van der Waals surface area contributed by atoms with Gasteiger partial charge in [-0.25, -0.2) is 19.3 Å². The molecule has 0 bridgehead atoms. The molecule has 1 aliphatic rings. The van der Waals surface area contributed by atoms with Crippen LogP contribution in [-0.4, -0.2) is 97.8 Å². The number of imidazole rings is 1. The molecule has 4 rings (SSSR count). The van der Waals surface area contributed by atoms with Gasteiger partial charge in [-0.15, -0.1) is 5.10 Å². The molecular weight excluding hydrogens is 526 g/mol. The molecule has 222 valence electrons. The molecule has 1 fully saturated rings. The van der Waals surface area contributed by atoms with Gasteiger partial charge in [0.25, 0.3) is 0 Å². The van der Waals surface area contributed by atoms with Gasteiger partial charge in [0.05, 0.1) is 18.0 Å². The molecular formula is C28H41N9O4.